The molecule has 0 saturated carbocycles. The number of nitrogens with zero attached hydrogens (tertiary/aromatic N) is 3. The van der Waals surface area contributed by atoms with Crippen LogP contribution < -0.4 is 9.80 Å². The van der Waals surface area contributed by atoms with E-state index in [2.05, 4.69) is 71.4 Å². The third kappa shape index (κ3) is 2.42. The van der Waals surface area contributed by atoms with Crippen molar-refractivity contribution in [2.24, 2.45) is 0 Å². The van der Waals surface area contributed by atoms with E-state index in [1.54, 1.807) is 0 Å². The highest BCUT2D eigenvalue weighted by atomic mass is 16.3. The Morgan fingerprint density at radius 3 is 2.55 bits per heavy atom. The summed E-state index contributed by atoms with van der Waals surface area (Å²) in [7, 11) is 2.11. The highest BCUT2D eigenvalue weighted by Gasteiger charge is 2.26. The summed E-state index contributed by atoms with van der Waals surface area (Å²) in [5.74, 6) is 0.985. The molecule has 4 nitrogen and oxygen atoms in total. The van der Waals surface area contributed by atoms with Crippen LogP contribution in [0.3, 0.4) is 0 Å². The van der Waals surface area contributed by atoms with E-state index in [0.717, 1.165) is 56.9 Å². The highest BCUT2D eigenvalue weighted by molar-refractivity contribution is 6.09. The second-order valence-electron chi connectivity index (χ2n) is 7.45. The second kappa shape index (κ2) is 6.11. The Morgan fingerprint density at radius 2 is 1.66 bits per heavy atom. The summed E-state index contributed by atoms with van der Waals surface area (Å²) >= 11 is 0. The van der Waals surface area contributed by atoms with E-state index in [-0.39, 0.29) is 0 Å². The molecule has 6 rings (SSSR count). The standard InChI is InChI=1S/C25H19N3O/c1-27-16-28(18-8-3-2-4-9-18)25-22(27)14-17(15-26-25)19-11-7-12-21-20-10-5-6-13-23(20)29-24(19)21/h2-15H,16H2,1H3. The molecule has 1 aliphatic heterocycles. The van der Waals surface area contributed by atoms with Crippen LogP contribution in [0.2, 0.25) is 0 Å². The van der Waals surface area contributed by atoms with Crippen molar-refractivity contribution in [1.29, 1.82) is 0 Å². The SMILES string of the molecule is CN1CN(c2ccccc2)c2ncc(-c3cccc4c3oc3ccccc34)cc21. The van der Waals surface area contributed by atoms with Gasteiger partial charge in [0.1, 0.15) is 11.2 Å². The molecule has 2 aromatic heterocycles. The van der Waals surface area contributed by atoms with Crippen LogP contribution in [0.1, 0.15) is 0 Å². The first-order valence-electron chi connectivity index (χ1n) is 9.74. The van der Waals surface area contributed by atoms with Gasteiger partial charge in [-0.05, 0) is 24.3 Å². The number of anilines is 3. The minimum absolute atomic E-state index is 0.782. The Morgan fingerprint density at radius 1 is 0.862 bits per heavy atom. The zero-order valence-corrected chi connectivity index (χ0v) is 16.0. The van der Waals surface area contributed by atoms with Crippen molar-refractivity contribution in [2.45, 2.75) is 0 Å². The van der Waals surface area contributed by atoms with Crippen molar-refractivity contribution >= 4 is 39.1 Å². The van der Waals surface area contributed by atoms with Crippen LogP contribution in [-0.2, 0) is 0 Å². The van der Waals surface area contributed by atoms with Crippen LogP contribution in [0.25, 0.3) is 33.1 Å². The predicted molar refractivity (Wildman–Crippen MR) is 119 cm³/mol. The Bertz CT molecular complexity index is 1360. The number of benzene rings is 3. The molecule has 0 bridgehead atoms. The molecule has 0 saturated heterocycles. The molecule has 0 spiro atoms. The van der Waals surface area contributed by atoms with Gasteiger partial charge in [0.2, 0.25) is 0 Å². The maximum absolute atomic E-state index is 6.22. The van der Waals surface area contributed by atoms with E-state index >= 15 is 0 Å². The average Bonchev–Trinajstić information content (AvgIpc) is 3.32. The molecule has 0 unspecified atom stereocenters. The minimum atomic E-state index is 0.782. The fourth-order valence-electron chi connectivity index (χ4n) is 4.22. The maximum atomic E-state index is 6.22. The molecule has 5 aromatic rings. The number of para-hydroxylation sites is 3. The van der Waals surface area contributed by atoms with Crippen molar-refractivity contribution in [3.8, 4) is 11.1 Å². The van der Waals surface area contributed by atoms with Crippen LogP contribution in [0.5, 0.6) is 0 Å². The molecule has 0 amide bonds. The first kappa shape index (κ1) is 16.2. The fourth-order valence-corrected chi connectivity index (χ4v) is 4.22. The van der Waals surface area contributed by atoms with Crippen molar-refractivity contribution in [2.75, 3.05) is 23.5 Å². The normalized spacial score (nSPS) is 13.4. The quantitative estimate of drug-likeness (QED) is 0.367. The van der Waals surface area contributed by atoms with Crippen LogP contribution in [0.4, 0.5) is 17.2 Å². The van der Waals surface area contributed by atoms with Gasteiger partial charge in [0.05, 0.1) is 12.4 Å². The Hall–Kier alpha value is -3.79. The summed E-state index contributed by atoms with van der Waals surface area (Å²) in [4.78, 5) is 9.32. The third-order valence-corrected chi connectivity index (χ3v) is 5.65. The Balaban J connectivity index is 1.51. The van der Waals surface area contributed by atoms with Crippen LogP contribution in [0, 0.1) is 0 Å². The molecule has 0 aliphatic carbocycles. The van der Waals surface area contributed by atoms with E-state index in [4.69, 9.17) is 9.40 Å². The summed E-state index contributed by atoms with van der Waals surface area (Å²) in [6.07, 6.45) is 1.95. The van der Waals surface area contributed by atoms with Crippen LogP contribution >= 0.6 is 0 Å². The zero-order chi connectivity index (χ0) is 19.4. The van der Waals surface area contributed by atoms with Crippen molar-refractivity contribution in [3.05, 3.63) is 85.1 Å². The lowest BCUT2D eigenvalue weighted by Crippen LogP contribution is -2.24. The lowest BCUT2D eigenvalue weighted by molar-refractivity contribution is 0.670. The third-order valence-electron chi connectivity index (χ3n) is 5.65. The molecule has 29 heavy (non-hydrogen) atoms. The maximum Gasteiger partial charge on any atom is 0.158 e. The Labute approximate surface area is 168 Å². The van der Waals surface area contributed by atoms with E-state index in [0.29, 0.717) is 0 Å². The van der Waals surface area contributed by atoms with Gasteiger partial charge in [0.15, 0.2) is 5.82 Å². The Kier molecular flexibility index (Phi) is 3.41. The van der Waals surface area contributed by atoms with E-state index in [1.807, 2.05) is 30.5 Å². The lowest BCUT2D eigenvalue weighted by atomic mass is 10.0. The first-order chi connectivity index (χ1) is 14.3. The molecule has 0 radical (unpaired) electrons. The van der Waals surface area contributed by atoms with Gasteiger partial charge in [0.25, 0.3) is 0 Å². The number of hydrogen-bond acceptors (Lipinski definition) is 4. The monoisotopic (exact) mass is 377 g/mol. The molecule has 3 aromatic carbocycles. The molecule has 4 heteroatoms. The zero-order valence-electron chi connectivity index (χ0n) is 16.0. The molecule has 1 aliphatic rings. The number of fused-ring (bicyclic) bond motifs is 4. The summed E-state index contributed by atoms with van der Waals surface area (Å²) in [5.41, 5.74) is 6.24. The molecular formula is C25H19N3O. The summed E-state index contributed by atoms with van der Waals surface area (Å²) in [6, 6.07) is 27.1. The first-order valence-corrected chi connectivity index (χ1v) is 9.74. The molecule has 140 valence electrons. The molecule has 0 fully saturated rings. The minimum Gasteiger partial charge on any atom is -0.455 e. The van der Waals surface area contributed by atoms with Gasteiger partial charge in [0, 0.05) is 40.8 Å². The number of aromatic nitrogens is 1. The molecule has 0 N–H and O–H groups in total. The van der Waals surface area contributed by atoms with Gasteiger partial charge in [-0.2, -0.15) is 0 Å². The fraction of sp³-hybridized carbons (Fsp3) is 0.0800. The lowest BCUT2D eigenvalue weighted by Gasteiger charge is -2.18. The smallest absolute Gasteiger partial charge is 0.158 e. The van der Waals surface area contributed by atoms with Gasteiger partial charge in [-0.3, -0.25) is 0 Å². The summed E-state index contributed by atoms with van der Waals surface area (Å²) in [6.45, 7) is 0.782. The van der Waals surface area contributed by atoms with Crippen LogP contribution in [-0.4, -0.2) is 18.7 Å². The van der Waals surface area contributed by atoms with Crippen molar-refractivity contribution in [3.63, 3.8) is 0 Å². The number of pyridine rings is 1. The second-order valence-corrected chi connectivity index (χ2v) is 7.45. The molecule has 3 heterocycles. The molecular weight excluding hydrogens is 358 g/mol. The number of hydrogen-bond donors (Lipinski definition) is 0. The topological polar surface area (TPSA) is 32.5 Å². The van der Waals surface area contributed by atoms with Gasteiger partial charge >= 0.3 is 0 Å². The van der Waals surface area contributed by atoms with Gasteiger partial charge in [-0.15, -0.1) is 0 Å². The summed E-state index contributed by atoms with van der Waals surface area (Å²) in [5, 5.41) is 2.28. The van der Waals surface area contributed by atoms with E-state index in [9.17, 15) is 0 Å². The van der Waals surface area contributed by atoms with Crippen molar-refractivity contribution < 1.29 is 4.42 Å². The van der Waals surface area contributed by atoms with Gasteiger partial charge in [-0.1, -0.05) is 54.6 Å². The van der Waals surface area contributed by atoms with Gasteiger partial charge in [-0.25, -0.2) is 4.98 Å². The molecule has 0 atom stereocenters. The number of rotatable bonds is 2. The van der Waals surface area contributed by atoms with E-state index < -0.39 is 0 Å². The largest absolute Gasteiger partial charge is 0.455 e. The average molecular weight is 377 g/mol. The number of furan rings is 1. The van der Waals surface area contributed by atoms with Crippen molar-refractivity contribution in [1.82, 2.24) is 4.98 Å². The van der Waals surface area contributed by atoms with Gasteiger partial charge < -0.3 is 14.2 Å². The predicted octanol–water partition coefficient (Wildman–Crippen LogP) is 6.19. The van der Waals surface area contributed by atoms with Crippen LogP contribution in [0.15, 0.2) is 89.5 Å². The summed E-state index contributed by atoms with van der Waals surface area (Å²) < 4.78 is 6.22. The highest BCUT2D eigenvalue weighted by Crippen LogP contribution is 2.42. The van der Waals surface area contributed by atoms with E-state index in [1.165, 1.54) is 0 Å².